The molecule has 1 atom stereocenters. The average Bonchev–Trinajstić information content (AvgIpc) is 3.29. The maximum atomic E-state index is 13.4. The van der Waals surface area contributed by atoms with Crippen LogP contribution in [0.1, 0.15) is 28.7 Å². The van der Waals surface area contributed by atoms with Crippen LogP contribution < -0.4 is 16.4 Å². The maximum Gasteiger partial charge on any atom is 0.435 e. The molecular weight excluding hydrogens is 461 g/mol. The van der Waals surface area contributed by atoms with Crippen LogP contribution in [0.5, 0.6) is 0 Å². The number of para-hydroxylation sites is 1. The molecule has 2 aromatic carbocycles. The number of fused-ring (bicyclic) bond motifs is 1. The maximum absolute atomic E-state index is 13.4. The number of nitrogens with zero attached hydrogens (tertiary/aromatic N) is 3. The van der Waals surface area contributed by atoms with Crippen molar-refractivity contribution in [2.75, 3.05) is 5.32 Å². The van der Waals surface area contributed by atoms with Gasteiger partial charge in [-0.3, -0.25) is 14.6 Å². The number of pyridine rings is 1. The number of hydrogen-bond acceptors (Lipinski definition) is 5. The van der Waals surface area contributed by atoms with E-state index in [1.54, 1.807) is 30.3 Å². The number of carbonyl (C=O) groups excluding carboxylic acids is 2. The van der Waals surface area contributed by atoms with E-state index in [2.05, 4.69) is 20.7 Å². The van der Waals surface area contributed by atoms with E-state index in [0.29, 0.717) is 22.8 Å². The molecule has 0 fully saturated rings. The summed E-state index contributed by atoms with van der Waals surface area (Å²) < 4.78 is 41.3. The van der Waals surface area contributed by atoms with Gasteiger partial charge in [0.25, 0.3) is 5.91 Å². The average molecular weight is 482 g/mol. The summed E-state index contributed by atoms with van der Waals surface area (Å²) in [6.45, 7) is 1.63. The van der Waals surface area contributed by atoms with Crippen molar-refractivity contribution in [1.29, 1.82) is 0 Å². The molecule has 0 bridgehead atoms. The standard InChI is InChI=1S/C24H21F3N6O2/c1-14(28)22(34)30-12-15-5-4-7-18(9-15)33-20(11-21(32-33)24(25,26)27)23(35)31-17-10-16-6-2-3-8-19(16)29-13-17/h2-11,13-14H,12,28H2,1H3,(H,30,34)(H,31,35)/t14-/m0/s1. The molecule has 0 spiro atoms. The Bertz CT molecular complexity index is 1400. The zero-order valence-electron chi connectivity index (χ0n) is 18.5. The van der Waals surface area contributed by atoms with Crippen LogP contribution in [0.4, 0.5) is 18.9 Å². The van der Waals surface area contributed by atoms with Crippen molar-refractivity contribution < 1.29 is 22.8 Å². The van der Waals surface area contributed by atoms with Gasteiger partial charge in [-0.05, 0) is 36.8 Å². The smallest absolute Gasteiger partial charge is 0.351 e. The Morgan fingerprint density at radius 2 is 1.86 bits per heavy atom. The quantitative estimate of drug-likeness (QED) is 0.388. The van der Waals surface area contributed by atoms with Gasteiger partial charge in [0, 0.05) is 18.0 Å². The monoisotopic (exact) mass is 482 g/mol. The fourth-order valence-electron chi connectivity index (χ4n) is 3.36. The second kappa shape index (κ2) is 9.55. The Balaban J connectivity index is 1.66. The molecule has 0 unspecified atom stereocenters. The molecule has 0 radical (unpaired) electrons. The van der Waals surface area contributed by atoms with Crippen molar-refractivity contribution in [2.24, 2.45) is 5.73 Å². The first-order valence-corrected chi connectivity index (χ1v) is 10.6. The van der Waals surface area contributed by atoms with Crippen LogP contribution in [0.15, 0.2) is 66.9 Å². The number of halogens is 3. The highest BCUT2D eigenvalue weighted by atomic mass is 19.4. The highest BCUT2D eigenvalue weighted by Gasteiger charge is 2.36. The van der Waals surface area contributed by atoms with Gasteiger partial charge in [0.2, 0.25) is 5.91 Å². The molecule has 2 aromatic heterocycles. The van der Waals surface area contributed by atoms with E-state index >= 15 is 0 Å². The van der Waals surface area contributed by atoms with Gasteiger partial charge in [-0.1, -0.05) is 30.3 Å². The zero-order valence-corrected chi connectivity index (χ0v) is 18.5. The number of rotatable bonds is 6. The minimum absolute atomic E-state index is 0.103. The number of anilines is 1. The number of benzene rings is 2. The third-order valence-electron chi connectivity index (χ3n) is 5.12. The van der Waals surface area contributed by atoms with Crippen molar-refractivity contribution in [3.63, 3.8) is 0 Å². The molecule has 8 nitrogen and oxygen atoms in total. The molecule has 4 rings (SSSR count). The van der Waals surface area contributed by atoms with Gasteiger partial charge < -0.3 is 16.4 Å². The number of aromatic nitrogens is 3. The lowest BCUT2D eigenvalue weighted by Crippen LogP contribution is -2.37. The summed E-state index contributed by atoms with van der Waals surface area (Å²) in [7, 11) is 0. The molecule has 2 heterocycles. The summed E-state index contributed by atoms with van der Waals surface area (Å²) in [6.07, 6.45) is -3.33. The Morgan fingerprint density at radius 3 is 2.60 bits per heavy atom. The van der Waals surface area contributed by atoms with Crippen LogP contribution in [0.3, 0.4) is 0 Å². The highest BCUT2D eigenvalue weighted by Crippen LogP contribution is 2.30. The summed E-state index contributed by atoms with van der Waals surface area (Å²) in [5, 5.41) is 9.62. The normalized spacial score (nSPS) is 12.4. The molecule has 0 saturated carbocycles. The van der Waals surface area contributed by atoms with Crippen LogP contribution >= 0.6 is 0 Å². The number of hydrogen-bond donors (Lipinski definition) is 3. The number of nitrogens with two attached hydrogens (primary N) is 1. The second-order valence-electron chi connectivity index (χ2n) is 7.87. The summed E-state index contributed by atoms with van der Waals surface area (Å²) in [5.74, 6) is -1.17. The van der Waals surface area contributed by atoms with Gasteiger partial charge in [-0.2, -0.15) is 18.3 Å². The van der Waals surface area contributed by atoms with Crippen LogP contribution in [-0.2, 0) is 17.5 Å². The minimum atomic E-state index is -4.76. The lowest BCUT2D eigenvalue weighted by atomic mass is 10.2. The number of alkyl halides is 3. The van der Waals surface area contributed by atoms with E-state index in [4.69, 9.17) is 5.73 Å². The van der Waals surface area contributed by atoms with Crippen molar-refractivity contribution in [3.05, 3.63) is 83.8 Å². The van der Waals surface area contributed by atoms with Gasteiger partial charge >= 0.3 is 6.18 Å². The third kappa shape index (κ3) is 5.46. The molecule has 2 amide bonds. The number of carbonyl (C=O) groups is 2. The van der Waals surface area contributed by atoms with E-state index in [-0.39, 0.29) is 23.8 Å². The Morgan fingerprint density at radius 1 is 1.09 bits per heavy atom. The predicted octanol–water partition coefficient (Wildman–Crippen LogP) is 3.66. The van der Waals surface area contributed by atoms with Gasteiger partial charge in [0.05, 0.1) is 29.1 Å². The molecule has 35 heavy (non-hydrogen) atoms. The molecule has 180 valence electrons. The predicted molar refractivity (Wildman–Crippen MR) is 124 cm³/mol. The molecule has 0 aliphatic carbocycles. The van der Waals surface area contributed by atoms with Crippen LogP contribution in [0.2, 0.25) is 0 Å². The Labute approximate surface area is 198 Å². The summed E-state index contributed by atoms with van der Waals surface area (Å²) >= 11 is 0. The van der Waals surface area contributed by atoms with Crippen LogP contribution in [0, 0.1) is 0 Å². The van der Waals surface area contributed by atoms with Crippen molar-refractivity contribution in [2.45, 2.75) is 25.7 Å². The largest absolute Gasteiger partial charge is 0.435 e. The van der Waals surface area contributed by atoms with Gasteiger partial charge in [-0.25, -0.2) is 4.68 Å². The first-order chi connectivity index (χ1) is 16.6. The molecule has 0 aliphatic rings. The zero-order chi connectivity index (χ0) is 25.2. The molecular formula is C24H21F3N6O2. The van der Waals surface area contributed by atoms with Gasteiger partial charge in [0.15, 0.2) is 5.69 Å². The number of amides is 2. The van der Waals surface area contributed by atoms with E-state index < -0.39 is 23.8 Å². The van der Waals surface area contributed by atoms with Crippen molar-refractivity contribution >= 4 is 28.4 Å². The molecule has 0 aliphatic heterocycles. The molecule has 11 heteroatoms. The molecule has 4 N–H and O–H groups in total. The lowest BCUT2D eigenvalue weighted by Gasteiger charge is -2.11. The molecule has 4 aromatic rings. The number of nitrogens with one attached hydrogen (secondary N) is 2. The van der Waals surface area contributed by atoms with Crippen LogP contribution in [-0.4, -0.2) is 32.6 Å². The fraction of sp³-hybridized carbons (Fsp3) is 0.167. The Kier molecular flexibility index (Phi) is 6.52. The van der Waals surface area contributed by atoms with E-state index in [9.17, 15) is 22.8 Å². The summed E-state index contributed by atoms with van der Waals surface area (Å²) in [5.41, 5.74) is 5.84. The Hall–Kier alpha value is -4.25. The van der Waals surface area contributed by atoms with E-state index in [1.165, 1.54) is 25.3 Å². The minimum Gasteiger partial charge on any atom is -0.351 e. The second-order valence-corrected chi connectivity index (χ2v) is 7.87. The van der Waals surface area contributed by atoms with Crippen LogP contribution in [0.25, 0.3) is 16.6 Å². The first kappa shape index (κ1) is 23.9. The van der Waals surface area contributed by atoms with Crippen molar-refractivity contribution in [1.82, 2.24) is 20.1 Å². The SMILES string of the molecule is C[C@H](N)C(=O)NCc1cccc(-n2nc(C(F)(F)F)cc2C(=O)Nc2cnc3ccccc3c2)c1. The fourth-order valence-corrected chi connectivity index (χ4v) is 3.36. The lowest BCUT2D eigenvalue weighted by molar-refractivity contribution is -0.141. The van der Waals surface area contributed by atoms with E-state index in [1.807, 2.05) is 12.1 Å². The van der Waals surface area contributed by atoms with Gasteiger partial charge in [-0.15, -0.1) is 0 Å². The van der Waals surface area contributed by atoms with Gasteiger partial charge in [0.1, 0.15) is 5.69 Å². The molecule has 0 saturated heterocycles. The summed E-state index contributed by atoms with van der Waals surface area (Å²) in [6, 6.07) is 15.2. The van der Waals surface area contributed by atoms with Crippen molar-refractivity contribution in [3.8, 4) is 5.69 Å². The third-order valence-corrected chi connectivity index (χ3v) is 5.12. The van der Waals surface area contributed by atoms with E-state index in [0.717, 1.165) is 10.1 Å². The first-order valence-electron chi connectivity index (χ1n) is 10.6. The summed E-state index contributed by atoms with van der Waals surface area (Å²) in [4.78, 5) is 29.0. The topological polar surface area (TPSA) is 115 Å². The highest BCUT2D eigenvalue weighted by molar-refractivity contribution is 6.04.